The third-order valence-corrected chi connectivity index (χ3v) is 3.45. The Bertz CT molecular complexity index is 475. The van der Waals surface area contributed by atoms with Gasteiger partial charge in [0.25, 0.3) is 0 Å². The van der Waals surface area contributed by atoms with Gasteiger partial charge in [0.15, 0.2) is 5.71 Å². The molecular formula is C14H18N2OS. The van der Waals surface area contributed by atoms with Crippen molar-refractivity contribution in [3.63, 3.8) is 0 Å². The quantitative estimate of drug-likeness (QED) is 0.460. The Morgan fingerprint density at radius 1 is 1.50 bits per heavy atom. The average Bonchev–Trinajstić information content (AvgIpc) is 2.36. The van der Waals surface area contributed by atoms with Crippen molar-refractivity contribution in [2.45, 2.75) is 31.6 Å². The van der Waals surface area contributed by atoms with Crippen molar-refractivity contribution in [2.24, 2.45) is 5.16 Å². The zero-order chi connectivity index (χ0) is 13.5. The summed E-state index contributed by atoms with van der Waals surface area (Å²) in [7, 11) is 1.45. The van der Waals surface area contributed by atoms with Crippen LogP contribution in [0.2, 0.25) is 0 Å². The maximum Gasteiger partial charge on any atom is 0.186 e. The molecule has 0 heterocycles. The molecule has 0 bridgehead atoms. The van der Waals surface area contributed by atoms with Crippen LogP contribution in [0.25, 0.3) is 0 Å². The Morgan fingerprint density at radius 3 is 2.72 bits per heavy atom. The fourth-order valence-electron chi connectivity index (χ4n) is 1.67. The highest BCUT2D eigenvalue weighted by Crippen LogP contribution is 2.29. The lowest BCUT2D eigenvalue weighted by atomic mass is 10.0. The number of thioether (sulfide) groups is 1. The molecule has 0 aromatic heterocycles. The lowest BCUT2D eigenvalue weighted by Gasteiger charge is -2.13. The van der Waals surface area contributed by atoms with Crippen LogP contribution in [-0.2, 0) is 4.84 Å². The van der Waals surface area contributed by atoms with Crippen molar-refractivity contribution in [1.82, 2.24) is 0 Å². The van der Waals surface area contributed by atoms with E-state index in [0.29, 0.717) is 11.6 Å². The van der Waals surface area contributed by atoms with Gasteiger partial charge in [-0.1, -0.05) is 38.1 Å². The van der Waals surface area contributed by atoms with Gasteiger partial charge in [0, 0.05) is 10.5 Å². The van der Waals surface area contributed by atoms with Gasteiger partial charge in [0.2, 0.25) is 0 Å². The third kappa shape index (κ3) is 3.51. The monoisotopic (exact) mass is 262 g/mol. The highest BCUT2D eigenvalue weighted by molar-refractivity contribution is 7.99. The summed E-state index contributed by atoms with van der Waals surface area (Å²) in [4.78, 5) is 5.90. The van der Waals surface area contributed by atoms with E-state index in [0.717, 1.165) is 11.3 Å². The Morgan fingerprint density at radius 2 is 2.22 bits per heavy atom. The minimum atomic E-state index is 0.311. The smallest absolute Gasteiger partial charge is 0.186 e. The van der Waals surface area contributed by atoms with Gasteiger partial charge >= 0.3 is 0 Å². The molecule has 18 heavy (non-hydrogen) atoms. The van der Waals surface area contributed by atoms with Crippen LogP contribution in [0.3, 0.4) is 0 Å². The van der Waals surface area contributed by atoms with Crippen LogP contribution in [0.5, 0.6) is 0 Å². The van der Waals surface area contributed by atoms with Gasteiger partial charge in [0.1, 0.15) is 13.2 Å². The SMILES string of the molecule is CCSc1cc(/C(C#N)=N/OC)ccc1C(C)C. The molecule has 0 aliphatic carbocycles. The molecular weight excluding hydrogens is 244 g/mol. The summed E-state index contributed by atoms with van der Waals surface area (Å²) in [6.45, 7) is 6.46. The molecule has 96 valence electrons. The van der Waals surface area contributed by atoms with E-state index in [-0.39, 0.29) is 0 Å². The van der Waals surface area contributed by atoms with Crippen LogP contribution in [0.1, 0.15) is 37.8 Å². The molecule has 0 N–H and O–H groups in total. The second-order valence-corrected chi connectivity index (χ2v) is 5.38. The summed E-state index contributed by atoms with van der Waals surface area (Å²) < 4.78 is 0. The van der Waals surface area contributed by atoms with E-state index in [1.165, 1.54) is 17.6 Å². The van der Waals surface area contributed by atoms with Gasteiger partial charge in [-0.2, -0.15) is 5.26 Å². The summed E-state index contributed by atoms with van der Waals surface area (Å²) in [6.07, 6.45) is 0. The molecule has 0 aliphatic rings. The fraction of sp³-hybridized carbons (Fsp3) is 0.429. The normalized spacial score (nSPS) is 11.4. The zero-order valence-electron chi connectivity index (χ0n) is 11.2. The molecule has 1 rings (SSSR count). The zero-order valence-corrected chi connectivity index (χ0v) is 12.0. The van der Waals surface area contributed by atoms with Crippen molar-refractivity contribution in [1.29, 1.82) is 5.26 Å². The highest BCUT2D eigenvalue weighted by Gasteiger charge is 2.11. The minimum Gasteiger partial charge on any atom is -0.398 e. The lowest BCUT2D eigenvalue weighted by Crippen LogP contribution is -2.01. The first-order chi connectivity index (χ1) is 8.63. The molecule has 0 saturated carbocycles. The molecule has 1 aromatic rings. The standard InChI is InChI=1S/C14H18N2OS/c1-5-18-14-8-11(13(9-15)16-17-4)6-7-12(14)10(2)3/h6-8,10H,5H2,1-4H3/b16-13+. The predicted octanol–water partition coefficient (Wildman–Crippen LogP) is 3.80. The molecule has 0 radical (unpaired) electrons. The van der Waals surface area contributed by atoms with Crippen LogP contribution >= 0.6 is 11.8 Å². The molecule has 3 nitrogen and oxygen atoms in total. The van der Waals surface area contributed by atoms with Crippen LogP contribution in [0, 0.1) is 11.3 Å². The van der Waals surface area contributed by atoms with E-state index in [1.807, 2.05) is 12.1 Å². The van der Waals surface area contributed by atoms with Gasteiger partial charge in [-0.15, -0.1) is 11.8 Å². The van der Waals surface area contributed by atoms with Crippen LogP contribution in [0.15, 0.2) is 28.3 Å². The van der Waals surface area contributed by atoms with Gasteiger partial charge in [-0.3, -0.25) is 0 Å². The molecule has 4 heteroatoms. The van der Waals surface area contributed by atoms with E-state index >= 15 is 0 Å². The maximum absolute atomic E-state index is 9.04. The largest absolute Gasteiger partial charge is 0.398 e. The van der Waals surface area contributed by atoms with E-state index in [9.17, 15) is 0 Å². The van der Waals surface area contributed by atoms with Gasteiger partial charge in [0.05, 0.1) is 0 Å². The first kappa shape index (κ1) is 14.6. The van der Waals surface area contributed by atoms with Gasteiger partial charge in [-0.05, 0) is 23.3 Å². The number of benzene rings is 1. The summed E-state index contributed by atoms with van der Waals surface area (Å²) in [5, 5.41) is 12.8. The Labute approximate surface area is 113 Å². The maximum atomic E-state index is 9.04. The summed E-state index contributed by atoms with van der Waals surface area (Å²) in [6, 6.07) is 8.07. The molecule has 0 atom stereocenters. The van der Waals surface area contributed by atoms with Crippen molar-refractivity contribution in [3.8, 4) is 6.07 Å². The first-order valence-corrected chi connectivity index (χ1v) is 6.90. The third-order valence-electron chi connectivity index (χ3n) is 2.50. The number of oxime groups is 1. The Hall–Kier alpha value is -1.47. The number of hydrogen-bond acceptors (Lipinski definition) is 4. The van der Waals surface area contributed by atoms with Crippen molar-refractivity contribution < 1.29 is 4.84 Å². The molecule has 0 amide bonds. The average molecular weight is 262 g/mol. The van der Waals surface area contributed by atoms with Crippen LogP contribution in [-0.4, -0.2) is 18.6 Å². The summed E-state index contributed by atoms with van der Waals surface area (Å²) >= 11 is 1.79. The van der Waals surface area contributed by atoms with Crippen LogP contribution in [0.4, 0.5) is 0 Å². The van der Waals surface area contributed by atoms with E-state index in [4.69, 9.17) is 5.26 Å². The molecule has 0 fully saturated rings. The molecule has 0 unspecified atom stereocenters. The topological polar surface area (TPSA) is 45.4 Å². The molecule has 0 spiro atoms. The van der Waals surface area contributed by atoms with E-state index in [1.54, 1.807) is 11.8 Å². The second kappa shape index (κ2) is 7.07. The van der Waals surface area contributed by atoms with E-state index in [2.05, 4.69) is 42.9 Å². The number of nitriles is 1. The highest BCUT2D eigenvalue weighted by atomic mass is 32.2. The number of nitrogens with zero attached hydrogens (tertiary/aromatic N) is 2. The predicted molar refractivity (Wildman–Crippen MR) is 76.1 cm³/mol. The molecule has 1 aromatic carbocycles. The van der Waals surface area contributed by atoms with Crippen molar-refractivity contribution >= 4 is 17.5 Å². The summed E-state index contributed by atoms with van der Waals surface area (Å²) in [5.41, 5.74) is 2.42. The Kier molecular flexibility index (Phi) is 5.73. The number of hydrogen-bond donors (Lipinski definition) is 0. The number of rotatable bonds is 5. The fourth-order valence-corrected chi connectivity index (χ4v) is 2.66. The molecule has 0 aliphatic heterocycles. The van der Waals surface area contributed by atoms with Crippen molar-refractivity contribution in [2.75, 3.05) is 12.9 Å². The van der Waals surface area contributed by atoms with E-state index < -0.39 is 0 Å². The van der Waals surface area contributed by atoms with Gasteiger partial charge in [-0.25, -0.2) is 0 Å². The second-order valence-electron chi connectivity index (χ2n) is 4.07. The first-order valence-electron chi connectivity index (χ1n) is 5.92. The molecule has 0 saturated heterocycles. The van der Waals surface area contributed by atoms with Gasteiger partial charge < -0.3 is 4.84 Å². The van der Waals surface area contributed by atoms with Crippen molar-refractivity contribution in [3.05, 3.63) is 29.3 Å². The summed E-state index contributed by atoms with van der Waals surface area (Å²) in [5.74, 6) is 1.48. The Balaban J connectivity index is 3.22. The van der Waals surface area contributed by atoms with Crippen LogP contribution < -0.4 is 0 Å². The minimum absolute atomic E-state index is 0.311. The lowest BCUT2D eigenvalue weighted by molar-refractivity contribution is 0.214.